The molecule has 0 saturated heterocycles. The fourth-order valence-electron chi connectivity index (χ4n) is 2.09. The Labute approximate surface area is 102 Å². The third-order valence-electron chi connectivity index (χ3n) is 2.86. The monoisotopic (exact) mass is 227 g/mol. The highest BCUT2D eigenvalue weighted by atomic mass is 15.1. The van der Waals surface area contributed by atoms with Crippen molar-refractivity contribution in [2.45, 2.75) is 39.7 Å². The highest BCUT2D eigenvalue weighted by molar-refractivity contribution is 5.78. The van der Waals surface area contributed by atoms with Crippen LogP contribution in [0.25, 0.3) is 11.0 Å². The highest BCUT2D eigenvalue weighted by Gasteiger charge is 2.22. The summed E-state index contributed by atoms with van der Waals surface area (Å²) >= 11 is 0. The first kappa shape index (κ1) is 11.7. The molecule has 0 fully saturated rings. The maximum absolute atomic E-state index is 8.91. The highest BCUT2D eigenvalue weighted by Crippen LogP contribution is 2.26. The molecule has 0 bridgehead atoms. The van der Waals surface area contributed by atoms with Crippen LogP contribution in [0.1, 0.15) is 39.1 Å². The number of nitriles is 1. The molecule has 0 aliphatic rings. The Bertz CT molecular complexity index is 594. The zero-order valence-electron chi connectivity index (χ0n) is 10.8. The molecular formula is C14H17N3. The Hall–Kier alpha value is -1.82. The van der Waals surface area contributed by atoms with Crippen molar-refractivity contribution in [3.05, 3.63) is 29.6 Å². The van der Waals surface area contributed by atoms with Crippen molar-refractivity contribution < 1.29 is 0 Å². The van der Waals surface area contributed by atoms with Crippen LogP contribution in [0, 0.1) is 11.3 Å². The van der Waals surface area contributed by atoms with Crippen molar-refractivity contribution in [1.82, 2.24) is 9.55 Å². The number of imidazole rings is 1. The minimum Gasteiger partial charge on any atom is -0.328 e. The molecule has 1 aromatic heterocycles. The molecule has 2 aromatic rings. The maximum Gasteiger partial charge on any atom is 0.115 e. The van der Waals surface area contributed by atoms with E-state index in [1.54, 1.807) is 0 Å². The van der Waals surface area contributed by atoms with Crippen LogP contribution >= 0.6 is 0 Å². The van der Waals surface area contributed by atoms with Gasteiger partial charge in [0, 0.05) is 12.0 Å². The van der Waals surface area contributed by atoms with Crippen molar-refractivity contribution in [3.8, 4) is 6.07 Å². The molecule has 0 spiro atoms. The summed E-state index contributed by atoms with van der Waals surface area (Å²) in [6.07, 6.45) is 0. The zero-order valence-corrected chi connectivity index (χ0v) is 10.8. The number of hydrogen-bond donors (Lipinski definition) is 0. The van der Waals surface area contributed by atoms with E-state index in [0.29, 0.717) is 5.56 Å². The molecule has 3 nitrogen and oxygen atoms in total. The van der Waals surface area contributed by atoms with Crippen LogP contribution in [-0.4, -0.2) is 9.55 Å². The quantitative estimate of drug-likeness (QED) is 0.750. The van der Waals surface area contributed by atoms with Crippen LogP contribution in [-0.2, 0) is 12.0 Å². The zero-order chi connectivity index (χ0) is 12.6. The van der Waals surface area contributed by atoms with Gasteiger partial charge in [0.15, 0.2) is 0 Å². The number of aryl methyl sites for hydroxylation is 1. The molecule has 3 heteroatoms. The van der Waals surface area contributed by atoms with E-state index in [1.807, 2.05) is 18.2 Å². The second-order valence-corrected chi connectivity index (χ2v) is 5.24. The maximum atomic E-state index is 8.91. The van der Waals surface area contributed by atoms with E-state index in [-0.39, 0.29) is 5.41 Å². The lowest BCUT2D eigenvalue weighted by Crippen LogP contribution is -2.18. The first-order valence-corrected chi connectivity index (χ1v) is 5.88. The van der Waals surface area contributed by atoms with Gasteiger partial charge >= 0.3 is 0 Å². The van der Waals surface area contributed by atoms with Crippen LogP contribution in [0.4, 0.5) is 0 Å². The molecule has 2 rings (SSSR count). The number of aromatic nitrogens is 2. The second-order valence-electron chi connectivity index (χ2n) is 5.24. The van der Waals surface area contributed by atoms with Gasteiger partial charge in [-0.25, -0.2) is 4.98 Å². The summed E-state index contributed by atoms with van der Waals surface area (Å²) in [4.78, 5) is 4.68. The Morgan fingerprint density at radius 1 is 1.35 bits per heavy atom. The van der Waals surface area contributed by atoms with Crippen LogP contribution in [0.2, 0.25) is 0 Å². The molecule has 0 aliphatic carbocycles. The summed E-state index contributed by atoms with van der Waals surface area (Å²) in [5, 5.41) is 8.91. The van der Waals surface area contributed by atoms with Crippen molar-refractivity contribution in [2.75, 3.05) is 0 Å². The number of nitrogens with zero attached hydrogens (tertiary/aromatic N) is 3. The van der Waals surface area contributed by atoms with Gasteiger partial charge in [0.2, 0.25) is 0 Å². The van der Waals surface area contributed by atoms with Crippen molar-refractivity contribution in [3.63, 3.8) is 0 Å². The lowest BCUT2D eigenvalue weighted by molar-refractivity contribution is 0.512. The Morgan fingerprint density at radius 3 is 2.59 bits per heavy atom. The van der Waals surface area contributed by atoms with Gasteiger partial charge in [0.1, 0.15) is 5.82 Å². The normalized spacial score (nSPS) is 11.7. The van der Waals surface area contributed by atoms with Gasteiger partial charge in [-0.2, -0.15) is 5.26 Å². The van der Waals surface area contributed by atoms with Crippen molar-refractivity contribution in [1.29, 1.82) is 5.26 Å². The average Bonchev–Trinajstić information content (AvgIpc) is 2.65. The minimum absolute atomic E-state index is 0.0157. The van der Waals surface area contributed by atoms with E-state index in [9.17, 15) is 0 Å². The summed E-state index contributed by atoms with van der Waals surface area (Å²) in [6.45, 7) is 9.49. The van der Waals surface area contributed by atoms with Crippen LogP contribution < -0.4 is 0 Å². The summed E-state index contributed by atoms with van der Waals surface area (Å²) in [5.74, 6) is 1.07. The average molecular weight is 227 g/mol. The number of benzene rings is 1. The fraction of sp³-hybridized carbons (Fsp3) is 0.429. The number of hydrogen-bond acceptors (Lipinski definition) is 2. The molecule has 0 atom stereocenters. The number of rotatable bonds is 1. The van der Waals surface area contributed by atoms with Gasteiger partial charge < -0.3 is 4.57 Å². The van der Waals surface area contributed by atoms with Crippen LogP contribution in [0.15, 0.2) is 18.2 Å². The van der Waals surface area contributed by atoms with Gasteiger partial charge in [-0.3, -0.25) is 0 Å². The van der Waals surface area contributed by atoms with Gasteiger partial charge in [0.05, 0.1) is 22.7 Å². The molecule has 0 aliphatic heterocycles. The van der Waals surface area contributed by atoms with Crippen LogP contribution in [0.3, 0.4) is 0 Å². The molecule has 0 radical (unpaired) electrons. The topological polar surface area (TPSA) is 41.6 Å². The summed E-state index contributed by atoms with van der Waals surface area (Å²) in [6, 6.07) is 7.85. The standard InChI is InChI=1S/C14H17N3/c1-5-17-12-7-6-10(9-15)8-11(12)16-13(17)14(2,3)4/h6-8H,5H2,1-4H3. The van der Waals surface area contributed by atoms with E-state index >= 15 is 0 Å². The smallest absolute Gasteiger partial charge is 0.115 e. The first-order chi connectivity index (χ1) is 7.97. The predicted molar refractivity (Wildman–Crippen MR) is 68.8 cm³/mol. The van der Waals surface area contributed by atoms with Gasteiger partial charge in [0.25, 0.3) is 0 Å². The third-order valence-corrected chi connectivity index (χ3v) is 2.86. The molecule has 0 amide bonds. The van der Waals surface area contributed by atoms with Gasteiger partial charge in [-0.15, -0.1) is 0 Å². The summed E-state index contributed by atoms with van der Waals surface area (Å²) in [7, 11) is 0. The lowest BCUT2D eigenvalue weighted by atomic mass is 9.96. The Balaban J connectivity index is 2.76. The van der Waals surface area contributed by atoms with E-state index in [2.05, 4.69) is 43.3 Å². The van der Waals surface area contributed by atoms with Crippen molar-refractivity contribution >= 4 is 11.0 Å². The first-order valence-electron chi connectivity index (χ1n) is 5.88. The molecule has 1 heterocycles. The van der Waals surface area contributed by atoms with Crippen LogP contribution in [0.5, 0.6) is 0 Å². The molecular weight excluding hydrogens is 210 g/mol. The molecule has 0 unspecified atom stereocenters. The SMILES string of the molecule is CCn1c(C(C)(C)C)nc2cc(C#N)ccc21. The molecule has 0 saturated carbocycles. The predicted octanol–water partition coefficient (Wildman–Crippen LogP) is 3.23. The van der Waals surface area contributed by atoms with E-state index in [4.69, 9.17) is 5.26 Å². The number of fused-ring (bicyclic) bond motifs is 1. The molecule has 1 aromatic carbocycles. The largest absolute Gasteiger partial charge is 0.328 e. The second kappa shape index (κ2) is 3.89. The minimum atomic E-state index is 0.0157. The van der Waals surface area contributed by atoms with E-state index in [0.717, 1.165) is 23.4 Å². The Morgan fingerprint density at radius 2 is 2.06 bits per heavy atom. The van der Waals surface area contributed by atoms with E-state index < -0.39 is 0 Å². The fourth-order valence-corrected chi connectivity index (χ4v) is 2.09. The molecule has 0 N–H and O–H groups in total. The lowest BCUT2D eigenvalue weighted by Gasteiger charge is -2.19. The molecule has 88 valence electrons. The Kier molecular flexibility index (Phi) is 2.66. The third kappa shape index (κ3) is 1.91. The summed E-state index contributed by atoms with van der Waals surface area (Å²) < 4.78 is 2.22. The van der Waals surface area contributed by atoms with Gasteiger partial charge in [-0.1, -0.05) is 20.8 Å². The van der Waals surface area contributed by atoms with Crippen molar-refractivity contribution in [2.24, 2.45) is 0 Å². The van der Waals surface area contributed by atoms with Gasteiger partial charge in [-0.05, 0) is 25.1 Å². The molecule has 17 heavy (non-hydrogen) atoms. The summed E-state index contributed by atoms with van der Waals surface area (Å²) in [5.41, 5.74) is 2.70. The van der Waals surface area contributed by atoms with E-state index in [1.165, 1.54) is 0 Å².